The molecule has 0 aromatic heterocycles. The Morgan fingerprint density at radius 2 is 0.351 bits per heavy atom. The molecule has 0 aliphatic rings. The van der Waals surface area contributed by atoms with Crippen LogP contribution >= 0.6 is 0 Å². The molecule has 6 rings (SSSR count). The number of rotatable bonds is 12. The number of carboxylic acids is 2. The number of aliphatic carboxylic acids is 2. The quantitative estimate of drug-likeness (QED) is 0.0903. The van der Waals surface area contributed by atoms with Crippen LogP contribution in [0.3, 0.4) is 0 Å². The van der Waals surface area contributed by atoms with Crippen LogP contribution in [0.4, 0.5) is 79.0 Å². The molecule has 0 bridgehead atoms. The van der Waals surface area contributed by atoms with Crippen LogP contribution < -0.4 is 10.2 Å². The summed E-state index contributed by atoms with van der Waals surface area (Å²) in [5.74, 6) is -50.1. The summed E-state index contributed by atoms with van der Waals surface area (Å²) in [7, 11) is -0.240. The molecule has 24 heteroatoms. The number of alkyl halides is 18. The largest absolute Gasteiger partial charge is 0.544 e. The second-order valence-corrected chi connectivity index (χ2v) is 32.3. The van der Waals surface area contributed by atoms with Gasteiger partial charge < -0.3 is 19.8 Å². The zero-order valence-electron chi connectivity index (χ0n) is 55.1. The molecule has 0 aliphatic carbocycles. The van der Waals surface area contributed by atoms with E-state index in [1.807, 2.05) is 0 Å². The van der Waals surface area contributed by atoms with Crippen molar-refractivity contribution in [3.63, 3.8) is 0 Å². The molecule has 0 spiro atoms. The molecule has 0 radical (unpaired) electrons. The summed E-state index contributed by atoms with van der Waals surface area (Å²) in [6.07, 6.45) is -14.1. The lowest BCUT2D eigenvalue weighted by molar-refractivity contribution is -0.410. The molecule has 0 N–H and O–H groups in total. The Labute approximate surface area is 543 Å². The van der Waals surface area contributed by atoms with Gasteiger partial charge >= 0.3 is 47.9 Å². The van der Waals surface area contributed by atoms with Crippen LogP contribution in [0.15, 0.2) is 175 Å². The average Bonchev–Trinajstić information content (AvgIpc) is 0.748. The normalized spacial score (nSPS) is 13.7. The third-order valence-corrected chi connectivity index (χ3v) is 19.0. The first kappa shape index (κ1) is 81.9. The summed E-state index contributed by atoms with van der Waals surface area (Å²) in [5.41, 5.74) is 9.28. The van der Waals surface area contributed by atoms with Crippen LogP contribution in [0, 0.1) is 0 Å². The Kier molecular flexibility index (Phi) is 24.8. The maximum Gasteiger partial charge on any atom is 0.460 e. The second-order valence-electron chi connectivity index (χ2n) is 28.3. The summed E-state index contributed by atoms with van der Waals surface area (Å²) >= 11 is 0. The zero-order chi connectivity index (χ0) is 73.2. The fraction of sp³-hybridized carbons (Fsp3) is 0.457. The lowest BCUT2D eigenvalue weighted by Gasteiger charge is -2.33. The van der Waals surface area contributed by atoms with E-state index in [0.29, 0.717) is 0 Å². The van der Waals surface area contributed by atoms with Gasteiger partial charge in [-0.1, -0.05) is 197 Å². The van der Waals surface area contributed by atoms with E-state index in [1.165, 1.54) is 62.8 Å². The van der Waals surface area contributed by atoms with Crippen molar-refractivity contribution in [2.75, 3.05) is 0 Å². The van der Waals surface area contributed by atoms with Gasteiger partial charge in [0.15, 0.2) is 29.4 Å². The molecule has 6 aromatic carbocycles. The molecular weight excluding hydrogens is 1310 g/mol. The van der Waals surface area contributed by atoms with E-state index in [1.54, 1.807) is 0 Å². The predicted octanol–water partition coefficient (Wildman–Crippen LogP) is 19.8. The molecule has 0 aliphatic heterocycles. The first-order chi connectivity index (χ1) is 41.9. The Bertz CT molecular complexity index is 2940. The van der Waals surface area contributed by atoms with Crippen LogP contribution in [0.1, 0.15) is 158 Å². The number of benzene rings is 6. The molecule has 4 nitrogen and oxygen atoms in total. The lowest BCUT2D eigenvalue weighted by Crippen LogP contribution is -2.65. The summed E-state index contributed by atoms with van der Waals surface area (Å²) in [5, 5.41) is 18.8. The van der Waals surface area contributed by atoms with Gasteiger partial charge in [0.2, 0.25) is 0 Å². The van der Waals surface area contributed by atoms with Gasteiger partial charge in [-0.2, -0.15) is 79.0 Å². The molecule has 0 heterocycles. The molecular formula is C70H78F18O4S2. The maximum atomic E-state index is 12.1. The topological polar surface area (TPSA) is 80.3 Å². The number of hydrogen-bond acceptors (Lipinski definition) is 4. The first-order valence-electron chi connectivity index (χ1n) is 28.9. The van der Waals surface area contributed by atoms with E-state index in [2.05, 4.69) is 270 Å². The molecule has 0 saturated carbocycles. The van der Waals surface area contributed by atoms with Crippen molar-refractivity contribution in [1.29, 1.82) is 0 Å². The van der Waals surface area contributed by atoms with Crippen molar-refractivity contribution in [2.45, 2.75) is 234 Å². The van der Waals surface area contributed by atoms with Gasteiger partial charge in [-0.05, 0) is 139 Å². The van der Waals surface area contributed by atoms with Crippen molar-refractivity contribution < 1.29 is 98.8 Å². The Morgan fingerprint density at radius 3 is 0.436 bits per heavy atom. The van der Waals surface area contributed by atoms with Crippen LogP contribution in [-0.4, -0.2) is 59.8 Å². The summed E-state index contributed by atoms with van der Waals surface area (Å²) < 4.78 is 212. The third-order valence-electron chi connectivity index (χ3n) is 14.5. The molecule has 0 atom stereocenters. The molecule has 0 fully saturated rings. The third kappa shape index (κ3) is 19.0. The van der Waals surface area contributed by atoms with E-state index in [4.69, 9.17) is 0 Å². The van der Waals surface area contributed by atoms with E-state index in [9.17, 15) is 98.8 Å². The Hall–Kier alpha value is -6.30. The van der Waals surface area contributed by atoms with E-state index in [0.717, 1.165) is 0 Å². The van der Waals surface area contributed by atoms with Gasteiger partial charge in [-0.3, -0.25) is 0 Å². The van der Waals surface area contributed by atoms with Gasteiger partial charge in [0.25, 0.3) is 0 Å². The summed E-state index contributed by atoms with van der Waals surface area (Å²) in [4.78, 5) is 27.0. The van der Waals surface area contributed by atoms with Crippen molar-refractivity contribution >= 4 is 33.7 Å². The number of carbonyl (C=O) groups is 2. The SMILES string of the molecule is CC(C)(C)c1ccc([S+](c2ccc(C(C)(C)C)cc2)c2ccc(C(C)(C)C)cc2)cc1.CC(C)(C)c1ccc([S+](c2ccc(C(C)(C)C)cc2)c2ccc(C(C)(C)C)cc2)cc1.O=C([O-])C(F)(F)C(F)(F)C(F)(F)C(F)(F)F.O=C([O-])C(F)(F)C(F)(F)C(F)(F)C(F)(F)F. The first-order valence-corrected chi connectivity index (χ1v) is 31.3. The van der Waals surface area contributed by atoms with Crippen LogP contribution in [0.5, 0.6) is 0 Å². The monoisotopic (exact) mass is 1390 g/mol. The fourth-order valence-electron chi connectivity index (χ4n) is 8.37. The van der Waals surface area contributed by atoms with Crippen molar-refractivity contribution in [1.82, 2.24) is 0 Å². The minimum absolute atomic E-state index is 0.120. The lowest BCUT2D eigenvalue weighted by atomic mass is 9.87. The fourth-order valence-corrected chi connectivity index (χ4v) is 12.5. The summed E-state index contributed by atoms with van der Waals surface area (Å²) in [6.45, 7) is 41.0. The smallest absolute Gasteiger partial charge is 0.460 e. The molecule has 520 valence electrons. The van der Waals surface area contributed by atoms with Gasteiger partial charge in [-0.15, -0.1) is 0 Å². The maximum absolute atomic E-state index is 12.1. The van der Waals surface area contributed by atoms with Crippen LogP contribution in [0.25, 0.3) is 0 Å². The van der Waals surface area contributed by atoms with Crippen LogP contribution in [-0.2, 0) is 63.9 Å². The predicted molar refractivity (Wildman–Crippen MR) is 327 cm³/mol. The van der Waals surface area contributed by atoms with Gasteiger partial charge in [0.05, 0.1) is 21.8 Å². The van der Waals surface area contributed by atoms with Gasteiger partial charge in [0, 0.05) is 0 Å². The highest BCUT2D eigenvalue weighted by molar-refractivity contribution is 7.97. The second kappa shape index (κ2) is 28.4. The van der Waals surface area contributed by atoms with Crippen molar-refractivity contribution in [3.8, 4) is 0 Å². The number of carbonyl (C=O) groups excluding carboxylic acids is 2. The van der Waals surface area contributed by atoms with Crippen molar-refractivity contribution in [2.24, 2.45) is 0 Å². The van der Waals surface area contributed by atoms with Crippen LogP contribution in [0.2, 0.25) is 0 Å². The van der Waals surface area contributed by atoms with Crippen molar-refractivity contribution in [3.05, 3.63) is 179 Å². The van der Waals surface area contributed by atoms with E-state index in [-0.39, 0.29) is 54.3 Å². The Balaban J connectivity index is 0.000000344. The highest BCUT2D eigenvalue weighted by Crippen LogP contribution is 2.54. The number of carboxylic acid groups (broad SMARTS) is 2. The molecule has 0 saturated heterocycles. The number of hydrogen-bond donors (Lipinski definition) is 0. The highest BCUT2D eigenvalue weighted by Gasteiger charge is 2.83. The van der Waals surface area contributed by atoms with Gasteiger partial charge in [0.1, 0.15) is 11.9 Å². The molecule has 0 amide bonds. The summed E-state index contributed by atoms with van der Waals surface area (Å²) in [6, 6.07) is 55.7. The minimum Gasteiger partial charge on any atom is -0.544 e. The molecule has 0 unspecified atom stereocenters. The number of halogens is 18. The standard InChI is InChI=1S/2C30H39S.2C5HF9O2/c2*1-28(2,3)22-10-16-25(17-11-22)31(26-18-12-23(13-19-26)29(4,5)6)27-20-14-24(15-21-27)30(7,8)9;2*6-2(7,1(15)16)3(8,9)4(10,11)5(12,13)14/h2*10-21H,1-9H3;2*(H,15,16)/q2*+1;;/p-2. The zero-order valence-corrected chi connectivity index (χ0v) is 56.7. The van der Waals surface area contributed by atoms with E-state index < -0.39 is 59.8 Å². The van der Waals surface area contributed by atoms with E-state index >= 15 is 0 Å². The highest BCUT2D eigenvalue weighted by atomic mass is 32.2. The van der Waals surface area contributed by atoms with Gasteiger partial charge in [-0.25, -0.2) is 0 Å². The average molecular weight is 1390 g/mol. The Morgan fingerprint density at radius 1 is 0.234 bits per heavy atom. The molecule has 94 heavy (non-hydrogen) atoms. The molecule has 6 aromatic rings. The minimum atomic E-state index is -7.20.